The summed E-state index contributed by atoms with van der Waals surface area (Å²) in [5, 5.41) is 6.20. The van der Waals surface area contributed by atoms with E-state index in [0.717, 1.165) is 37.1 Å². The van der Waals surface area contributed by atoms with Crippen molar-refractivity contribution >= 4 is 11.6 Å². The van der Waals surface area contributed by atoms with Crippen molar-refractivity contribution in [3.05, 3.63) is 29.3 Å². The van der Waals surface area contributed by atoms with E-state index in [2.05, 4.69) is 10.6 Å². The Labute approximate surface area is 102 Å². The lowest BCUT2D eigenvalue weighted by Crippen LogP contribution is -2.26. The van der Waals surface area contributed by atoms with Gasteiger partial charge in [0.05, 0.1) is 0 Å². The van der Waals surface area contributed by atoms with E-state index < -0.39 is 0 Å². The molecule has 1 aliphatic heterocycles. The molecule has 0 fully saturated rings. The molecule has 0 unspecified atom stereocenters. The molecular formula is C13H19N3O. The van der Waals surface area contributed by atoms with Crippen LogP contribution in [0.25, 0.3) is 0 Å². The van der Waals surface area contributed by atoms with Crippen LogP contribution in [0.5, 0.6) is 0 Å². The van der Waals surface area contributed by atoms with Crippen LogP contribution in [0.15, 0.2) is 18.2 Å². The molecule has 1 aliphatic rings. The Bertz CT molecular complexity index is 404. The predicted octanol–water partition coefficient (Wildman–Crippen LogP) is 1.12. The minimum atomic E-state index is -0.00757. The highest BCUT2D eigenvalue weighted by Gasteiger charge is 2.11. The summed E-state index contributed by atoms with van der Waals surface area (Å²) in [6.45, 7) is 2.27. The average molecular weight is 233 g/mol. The molecule has 1 amide bonds. The lowest BCUT2D eigenvalue weighted by molar-refractivity contribution is 0.0953. The Kier molecular flexibility index (Phi) is 3.98. The van der Waals surface area contributed by atoms with Gasteiger partial charge in [-0.25, -0.2) is 0 Å². The molecule has 1 heterocycles. The lowest BCUT2D eigenvalue weighted by Gasteiger charge is -2.18. The molecule has 4 nitrogen and oxygen atoms in total. The third kappa shape index (κ3) is 2.97. The Hall–Kier alpha value is -1.55. The van der Waals surface area contributed by atoms with E-state index in [1.807, 2.05) is 18.2 Å². The zero-order valence-electron chi connectivity index (χ0n) is 9.96. The number of carbonyl (C=O) groups excluding carboxylic acids is 1. The van der Waals surface area contributed by atoms with Gasteiger partial charge in [0.1, 0.15) is 0 Å². The minimum absolute atomic E-state index is 0.00757. The maximum Gasteiger partial charge on any atom is 0.251 e. The fourth-order valence-corrected chi connectivity index (χ4v) is 2.02. The highest BCUT2D eigenvalue weighted by atomic mass is 16.1. The molecule has 0 aromatic heterocycles. The molecule has 92 valence electrons. The number of nitrogens with one attached hydrogen (secondary N) is 2. The normalized spacial score (nSPS) is 13.7. The van der Waals surface area contributed by atoms with Crippen LogP contribution in [-0.2, 0) is 6.42 Å². The van der Waals surface area contributed by atoms with E-state index in [9.17, 15) is 4.79 Å². The van der Waals surface area contributed by atoms with Crippen LogP contribution in [0.1, 0.15) is 28.8 Å². The van der Waals surface area contributed by atoms with E-state index in [1.54, 1.807) is 0 Å². The summed E-state index contributed by atoms with van der Waals surface area (Å²) in [6.07, 6.45) is 3.00. The fraction of sp³-hybridized carbons (Fsp3) is 0.462. The summed E-state index contributed by atoms with van der Waals surface area (Å²) < 4.78 is 0. The number of aryl methyl sites for hydroxylation is 1. The number of anilines is 1. The summed E-state index contributed by atoms with van der Waals surface area (Å²) in [4.78, 5) is 11.8. The van der Waals surface area contributed by atoms with Crippen LogP contribution in [0, 0.1) is 0 Å². The topological polar surface area (TPSA) is 67.1 Å². The van der Waals surface area contributed by atoms with E-state index in [-0.39, 0.29) is 5.91 Å². The summed E-state index contributed by atoms with van der Waals surface area (Å²) in [7, 11) is 0. The number of carbonyl (C=O) groups is 1. The van der Waals surface area contributed by atoms with Crippen molar-refractivity contribution in [1.29, 1.82) is 0 Å². The number of rotatable bonds is 4. The second kappa shape index (κ2) is 5.68. The average Bonchev–Trinajstić information content (AvgIpc) is 2.38. The van der Waals surface area contributed by atoms with Crippen LogP contribution in [-0.4, -0.2) is 25.5 Å². The van der Waals surface area contributed by atoms with Crippen LogP contribution in [0.4, 0.5) is 5.69 Å². The Balaban J connectivity index is 2.03. The molecule has 17 heavy (non-hydrogen) atoms. The van der Waals surface area contributed by atoms with Gasteiger partial charge in [0.2, 0.25) is 0 Å². The third-order valence-electron chi connectivity index (χ3n) is 2.97. The summed E-state index contributed by atoms with van der Waals surface area (Å²) >= 11 is 0. The number of benzene rings is 1. The highest BCUT2D eigenvalue weighted by molar-refractivity contribution is 5.94. The van der Waals surface area contributed by atoms with Gasteiger partial charge in [0.25, 0.3) is 5.91 Å². The maximum atomic E-state index is 11.8. The van der Waals surface area contributed by atoms with Crippen LogP contribution in [0.3, 0.4) is 0 Å². The highest BCUT2D eigenvalue weighted by Crippen LogP contribution is 2.22. The van der Waals surface area contributed by atoms with Crippen LogP contribution < -0.4 is 16.4 Å². The van der Waals surface area contributed by atoms with Gasteiger partial charge in [0.15, 0.2) is 0 Å². The molecule has 0 aliphatic carbocycles. The fourth-order valence-electron chi connectivity index (χ4n) is 2.02. The van der Waals surface area contributed by atoms with Crippen molar-refractivity contribution in [2.75, 3.05) is 25.0 Å². The number of hydrogen-bond acceptors (Lipinski definition) is 3. The number of fused-ring (bicyclic) bond motifs is 1. The molecule has 0 atom stereocenters. The number of hydrogen-bond donors (Lipinski definition) is 3. The number of amides is 1. The van der Waals surface area contributed by atoms with Crippen molar-refractivity contribution in [2.24, 2.45) is 5.73 Å². The molecule has 2 rings (SSSR count). The van der Waals surface area contributed by atoms with Gasteiger partial charge in [-0.05, 0) is 49.6 Å². The quantitative estimate of drug-likeness (QED) is 0.683. The van der Waals surface area contributed by atoms with E-state index in [1.165, 1.54) is 5.56 Å². The smallest absolute Gasteiger partial charge is 0.251 e. The number of nitrogens with two attached hydrogens (primary N) is 1. The van der Waals surface area contributed by atoms with E-state index >= 15 is 0 Å². The van der Waals surface area contributed by atoms with Crippen molar-refractivity contribution in [3.63, 3.8) is 0 Å². The van der Waals surface area contributed by atoms with Crippen LogP contribution >= 0.6 is 0 Å². The molecule has 1 aromatic rings. The molecule has 0 saturated carbocycles. The van der Waals surface area contributed by atoms with Gasteiger partial charge in [-0.1, -0.05) is 0 Å². The lowest BCUT2D eigenvalue weighted by atomic mass is 10.0. The van der Waals surface area contributed by atoms with E-state index in [0.29, 0.717) is 13.1 Å². The molecule has 0 saturated heterocycles. The maximum absolute atomic E-state index is 11.8. The van der Waals surface area contributed by atoms with Gasteiger partial charge in [0, 0.05) is 24.3 Å². The predicted molar refractivity (Wildman–Crippen MR) is 69.3 cm³/mol. The van der Waals surface area contributed by atoms with Gasteiger partial charge in [-0.15, -0.1) is 0 Å². The second-order valence-corrected chi connectivity index (χ2v) is 4.30. The molecular weight excluding hydrogens is 214 g/mol. The first-order valence-electron chi connectivity index (χ1n) is 6.16. The summed E-state index contributed by atoms with van der Waals surface area (Å²) in [5.41, 5.74) is 8.53. The zero-order chi connectivity index (χ0) is 12.1. The SMILES string of the molecule is NCCCNC(=O)c1ccc2c(c1)CCCN2. The monoisotopic (exact) mass is 233 g/mol. The van der Waals surface area contributed by atoms with Crippen molar-refractivity contribution in [2.45, 2.75) is 19.3 Å². The van der Waals surface area contributed by atoms with Gasteiger partial charge < -0.3 is 16.4 Å². The molecule has 0 bridgehead atoms. The standard InChI is InChI=1S/C13H19N3O/c14-6-2-8-16-13(17)11-4-5-12-10(9-11)3-1-7-15-12/h4-5,9,15H,1-3,6-8,14H2,(H,16,17). The van der Waals surface area contributed by atoms with Crippen molar-refractivity contribution in [1.82, 2.24) is 5.32 Å². The van der Waals surface area contributed by atoms with Gasteiger partial charge >= 0.3 is 0 Å². The first kappa shape index (κ1) is 11.9. The van der Waals surface area contributed by atoms with Crippen molar-refractivity contribution in [3.8, 4) is 0 Å². The Morgan fingerprint density at radius 3 is 3.18 bits per heavy atom. The Morgan fingerprint density at radius 2 is 2.35 bits per heavy atom. The van der Waals surface area contributed by atoms with Crippen LogP contribution in [0.2, 0.25) is 0 Å². The summed E-state index contributed by atoms with van der Waals surface area (Å²) in [5.74, 6) is -0.00757. The van der Waals surface area contributed by atoms with Crippen molar-refractivity contribution < 1.29 is 4.79 Å². The molecule has 4 heteroatoms. The zero-order valence-corrected chi connectivity index (χ0v) is 9.96. The van der Waals surface area contributed by atoms with Gasteiger partial charge in [-0.2, -0.15) is 0 Å². The van der Waals surface area contributed by atoms with Gasteiger partial charge in [-0.3, -0.25) is 4.79 Å². The van der Waals surface area contributed by atoms with E-state index in [4.69, 9.17) is 5.73 Å². The molecule has 0 spiro atoms. The second-order valence-electron chi connectivity index (χ2n) is 4.30. The Morgan fingerprint density at radius 1 is 1.47 bits per heavy atom. The first-order chi connectivity index (χ1) is 8.31. The molecule has 0 radical (unpaired) electrons. The minimum Gasteiger partial charge on any atom is -0.385 e. The first-order valence-corrected chi connectivity index (χ1v) is 6.16. The molecule has 4 N–H and O–H groups in total. The third-order valence-corrected chi connectivity index (χ3v) is 2.97. The summed E-state index contributed by atoms with van der Waals surface area (Å²) in [6, 6.07) is 5.85. The molecule has 1 aromatic carbocycles. The largest absolute Gasteiger partial charge is 0.385 e.